The molecular formula is C17H15FN4O2. The fourth-order valence-corrected chi connectivity index (χ4v) is 3.02. The number of ether oxygens (including phenoxy) is 1. The number of halogens is 1. The maximum atomic E-state index is 13.1. The topological polar surface area (TPSA) is 66.0 Å². The lowest BCUT2D eigenvalue weighted by Gasteiger charge is -2.25. The van der Waals surface area contributed by atoms with Crippen LogP contribution in [0.25, 0.3) is 11.6 Å². The van der Waals surface area contributed by atoms with Crippen LogP contribution in [0.1, 0.15) is 41.9 Å². The summed E-state index contributed by atoms with van der Waals surface area (Å²) in [7, 11) is 0. The van der Waals surface area contributed by atoms with Gasteiger partial charge in [-0.1, -0.05) is 17.3 Å². The van der Waals surface area contributed by atoms with E-state index in [0.717, 1.165) is 29.9 Å². The Bertz CT molecular complexity index is 882. The fourth-order valence-electron chi connectivity index (χ4n) is 3.02. The number of nitrogens with zero attached hydrogens (tertiary/aromatic N) is 4. The van der Waals surface area contributed by atoms with Gasteiger partial charge in [0.15, 0.2) is 11.5 Å². The molecule has 0 saturated heterocycles. The van der Waals surface area contributed by atoms with Crippen molar-refractivity contribution in [2.24, 2.45) is 0 Å². The number of benzene rings is 1. The van der Waals surface area contributed by atoms with E-state index in [1.807, 2.05) is 4.57 Å². The molecule has 5 rings (SSSR count). The first-order valence-corrected chi connectivity index (χ1v) is 8.03. The van der Waals surface area contributed by atoms with Crippen molar-refractivity contribution < 1.29 is 13.7 Å². The number of rotatable bonds is 3. The second kappa shape index (κ2) is 5.24. The number of hydrogen-bond acceptors (Lipinski definition) is 5. The molecule has 3 heterocycles. The Morgan fingerprint density at radius 3 is 2.79 bits per heavy atom. The molecule has 122 valence electrons. The van der Waals surface area contributed by atoms with E-state index in [1.165, 1.54) is 12.1 Å². The van der Waals surface area contributed by atoms with Gasteiger partial charge in [-0.05, 0) is 30.5 Å². The molecule has 0 unspecified atom stereocenters. The molecule has 1 saturated carbocycles. The predicted octanol–water partition coefficient (Wildman–Crippen LogP) is 3.22. The highest BCUT2D eigenvalue weighted by atomic mass is 19.1. The van der Waals surface area contributed by atoms with Gasteiger partial charge >= 0.3 is 0 Å². The first-order chi connectivity index (χ1) is 11.8. The van der Waals surface area contributed by atoms with E-state index in [9.17, 15) is 4.39 Å². The molecule has 1 aliphatic carbocycles. The van der Waals surface area contributed by atoms with Crippen LogP contribution in [0.2, 0.25) is 0 Å². The number of imidazole rings is 1. The summed E-state index contributed by atoms with van der Waals surface area (Å²) in [4.78, 5) is 8.89. The van der Waals surface area contributed by atoms with Crippen molar-refractivity contribution in [1.29, 1.82) is 0 Å². The Hall–Kier alpha value is -2.54. The van der Waals surface area contributed by atoms with Gasteiger partial charge in [-0.25, -0.2) is 9.37 Å². The fraction of sp³-hybridized carbons (Fsp3) is 0.353. The molecule has 1 fully saturated rings. The van der Waals surface area contributed by atoms with Gasteiger partial charge in [0.1, 0.15) is 11.9 Å². The van der Waals surface area contributed by atoms with Crippen molar-refractivity contribution in [2.75, 3.05) is 0 Å². The third kappa shape index (κ3) is 2.32. The second-order valence-corrected chi connectivity index (χ2v) is 6.28. The average Bonchev–Trinajstić information content (AvgIpc) is 3.19. The van der Waals surface area contributed by atoms with E-state index in [0.29, 0.717) is 30.7 Å². The van der Waals surface area contributed by atoms with Crippen LogP contribution in [-0.4, -0.2) is 19.7 Å². The van der Waals surface area contributed by atoms with E-state index >= 15 is 0 Å². The molecule has 0 spiro atoms. The Morgan fingerprint density at radius 1 is 1.17 bits per heavy atom. The smallest absolute Gasteiger partial charge is 0.278 e. The van der Waals surface area contributed by atoms with Crippen molar-refractivity contribution in [3.63, 3.8) is 0 Å². The maximum Gasteiger partial charge on any atom is 0.278 e. The summed E-state index contributed by atoms with van der Waals surface area (Å²) >= 11 is 0. The highest BCUT2D eigenvalue weighted by Crippen LogP contribution is 2.39. The van der Waals surface area contributed by atoms with Crippen LogP contribution < -0.4 is 0 Å². The van der Waals surface area contributed by atoms with Crippen molar-refractivity contribution in [3.8, 4) is 11.6 Å². The molecule has 24 heavy (non-hydrogen) atoms. The van der Waals surface area contributed by atoms with Gasteiger partial charge in [-0.3, -0.25) is 0 Å². The number of aromatic nitrogens is 4. The van der Waals surface area contributed by atoms with E-state index in [1.54, 1.807) is 18.5 Å². The molecule has 0 bridgehead atoms. The largest absolute Gasteiger partial charge is 0.365 e. The lowest BCUT2D eigenvalue weighted by molar-refractivity contribution is 0.00327. The number of fused-ring (bicyclic) bond motifs is 1. The Balaban J connectivity index is 1.41. The van der Waals surface area contributed by atoms with Gasteiger partial charge in [0.2, 0.25) is 0 Å². The average molecular weight is 326 g/mol. The van der Waals surface area contributed by atoms with Crippen LogP contribution in [0.3, 0.4) is 0 Å². The minimum atomic E-state index is -0.247. The zero-order chi connectivity index (χ0) is 16.1. The molecule has 1 aromatic carbocycles. The van der Waals surface area contributed by atoms with Crippen LogP contribution in [0, 0.1) is 5.82 Å². The van der Waals surface area contributed by atoms with E-state index in [-0.39, 0.29) is 11.9 Å². The minimum Gasteiger partial charge on any atom is -0.365 e. The summed E-state index contributed by atoms with van der Waals surface area (Å²) in [6.07, 6.45) is 3.90. The van der Waals surface area contributed by atoms with Gasteiger partial charge in [0, 0.05) is 5.92 Å². The highest BCUT2D eigenvalue weighted by Gasteiger charge is 2.31. The van der Waals surface area contributed by atoms with Gasteiger partial charge < -0.3 is 13.8 Å². The Morgan fingerprint density at radius 2 is 2.00 bits per heavy atom. The summed E-state index contributed by atoms with van der Waals surface area (Å²) in [6.45, 7) is 1.02. The summed E-state index contributed by atoms with van der Waals surface area (Å²) in [5.41, 5.74) is 2.57. The standard InChI is InChI=1S/C17H15FN4O2/c18-12-5-3-10(4-6-12)14-7-22-9-19-15(13(22)8-23-14)17-20-16(21-24-17)11-1-2-11/h3-6,9,11,14H,1-2,7-8H2/t14-/m0/s1. The molecule has 1 aliphatic heterocycles. The molecule has 0 amide bonds. The number of hydrogen-bond donors (Lipinski definition) is 0. The molecule has 2 aromatic heterocycles. The third-order valence-electron chi connectivity index (χ3n) is 4.56. The molecule has 2 aliphatic rings. The van der Waals surface area contributed by atoms with Crippen molar-refractivity contribution in [3.05, 3.63) is 53.5 Å². The SMILES string of the molecule is Fc1ccc([C@@H]2Cn3cnc(-c4nc(C5CC5)no4)c3CO2)cc1. The van der Waals surface area contributed by atoms with Crippen LogP contribution >= 0.6 is 0 Å². The second-order valence-electron chi connectivity index (χ2n) is 6.28. The summed E-state index contributed by atoms with van der Waals surface area (Å²) in [5, 5.41) is 4.04. The maximum absolute atomic E-state index is 13.1. The quantitative estimate of drug-likeness (QED) is 0.739. The molecular weight excluding hydrogens is 311 g/mol. The van der Waals surface area contributed by atoms with Crippen molar-refractivity contribution in [1.82, 2.24) is 19.7 Å². The van der Waals surface area contributed by atoms with Crippen LogP contribution in [0.5, 0.6) is 0 Å². The van der Waals surface area contributed by atoms with E-state index in [4.69, 9.17) is 9.26 Å². The normalized spacial score (nSPS) is 20.1. The van der Waals surface area contributed by atoms with Crippen molar-refractivity contribution in [2.45, 2.75) is 38.0 Å². The van der Waals surface area contributed by atoms with Crippen LogP contribution in [0.4, 0.5) is 4.39 Å². The minimum absolute atomic E-state index is 0.120. The first-order valence-electron chi connectivity index (χ1n) is 8.03. The molecule has 1 atom stereocenters. The Labute approximate surface area is 137 Å². The van der Waals surface area contributed by atoms with Gasteiger partial charge in [0.25, 0.3) is 5.89 Å². The Kier molecular flexibility index (Phi) is 3.02. The van der Waals surface area contributed by atoms with Gasteiger partial charge in [0.05, 0.1) is 25.2 Å². The van der Waals surface area contributed by atoms with Gasteiger partial charge in [-0.2, -0.15) is 4.98 Å². The molecule has 0 N–H and O–H groups in total. The highest BCUT2D eigenvalue weighted by molar-refractivity contribution is 5.51. The lowest BCUT2D eigenvalue weighted by Crippen LogP contribution is -2.20. The zero-order valence-electron chi connectivity index (χ0n) is 12.9. The van der Waals surface area contributed by atoms with E-state index < -0.39 is 0 Å². The lowest BCUT2D eigenvalue weighted by atomic mass is 10.1. The van der Waals surface area contributed by atoms with Crippen LogP contribution in [0.15, 0.2) is 35.1 Å². The van der Waals surface area contributed by atoms with Gasteiger partial charge in [-0.15, -0.1) is 0 Å². The third-order valence-corrected chi connectivity index (χ3v) is 4.56. The summed E-state index contributed by atoms with van der Waals surface area (Å²) in [5.74, 6) is 1.42. The van der Waals surface area contributed by atoms with Crippen LogP contribution in [-0.2, 0) is 17.9 Å². The molecule has 0 radical (unpaired) electrons. The molecule has 6 nitrogen and oxygen atoms in total. The molecule has 3 aromatic rings. The zero-order valence-corrected chi connectivity index (χ0v) is 12.9. The van der Waals surface area contributed by atoms with Crippen molar-refractivity contribution >= 4 is 0 Å². The summed E-state index contributed by atoms with van der Waals surface area (Å²) < 4.78 is 26.4. The summed E-state index contributed by atoms with van der Waals surface area (Å²) in [6, 6.07) is 6.41. The predicted molar refractivity (Wildman–Crippen MR) is 81.4 cm³/mol. The van der Waals surface area contributed by atoms with E-state index in [2.05, 4.69) is 15.1 Å². The monoisotopic (exact) mass is 326 g/mol. The molecule has 7 heteroatoms. The first kappa shape index (κ1) is 13.9.